The third kappa shape index (κ3) is 5.85. The van der Waals surface area contributed by atoms with Gasteiger partial charge >= 0.3 is 0 Å². The van der Waals surface area contributed by atoms with Crippen molar-refractivity contribution in [1.82, 2.24) is 15.5 Å². The van der Waals surface area contributed by atoms with Crippen molar-refractivity contribution >= 4 is 11.8 Å². The molecule has 0 bridgehead atoms. The molecule has 6 nitrogen and oxygen atoms in total. The Morgan fingerprint density at radius 2 is 1.79 bits per heavy atom. The van der Waals surface area contributed by atoms with Crippen LogP contribution in [-0.2, 0) is 16.0 Å². The summed E-state index contributed by atoms with van der Waals surface area (Å²) in [5.41, 5.74) is 1.21. The highest BCUT2D eigenvalue weighted by Crippen LogP contribution is 2.15. The number of hydrogen-bond donors (Lipinski definition) is 2. The summed E-state index contributed by atoms with van der Waals surface area (Å²) < 4.78 is 5.26. The van der Waals surface area contributed by atoms with Crippen LogP contribution in [0.5, 0.6) is 5.75 Å². The predicted molar refractivity (Wildman–Crippen MR) is 93.0 cm³/mol. The van der Waals surface area contributed by atoms with Gasteiger partial charge in [-0.2, -0.15) is 0 Å². The van der Waals surface area contributed by atoms with Gasteiger partial charge in [-0.3, -0.25) is 14.5 Å². The van der Waals surface area contributed by atoms with Gasteiger partial charge in [-0.15, -0.1) is 0 Å². The molecule has 0 radical (unpaired) electrons. The molecule has 1 aromatic rings. The van der Waals surface area contributed by atoms with Crippen molar-refractivity contribution in [3.63, 3.8) is 0 Å². The van der Waals surface area contributed by atoms with E-state index in [9.17, 15) is 9.59 Å². The van der Waals surface area contributed by atoms with Crippen molar-refractivity contribution in [3.05, 3.63) is 29.8 Å². The Kier molecular flexibility index (Phi) is 6.61. The number of carbonyl (C=O) groups is 2. The Hall–Kier alpha value is -2.08. The molecule has 1 aliphatic heterocycles. The third-order valence-corrected chi connectivity index (χ3v) is 4.19. The third-order valence-electron chi connectivity index (χ3n) is 4.19. The predicted octanol–water partition coefficient (Wildman–Crippen LogP) is 0.953. The maximum atomic E-state index is 11.4. The van der Waals surface area contributed by atoms with Crippen molar-refractivity contribution in [2.24, 2.45) is 0 Å². The van der Waals surface area contributed by atoms with Crippen LogP contribution in [0, 0.1) is 0 Å². The molecule has 1 fully saturated rings. The first-order valence-corrected chi connectivity index (χ1v) is 8.35. The van der Waals surface area contributed by atoms with E-state index in [0.29, 0.717) is 0 Å². The fraction of sp³-hybridized carbons (Fsp3) is 0.556. The number of nitrogens with zero attached hydrogens (tertiary/aromatic N) is 1. The normalized spacial score (nSPS) is 21.1. The molecule has 0 aliphatic carbocycles. The van der Waals surface area contributed by atoms with E-state index in [0.717, 1.165) is 38.2 Å². The first-order chi connectivity index (χ1) is 11.5. The quantitative estimate of drug-likeness (QED) is 0.813. The van der Waals surface area contributed by atoms with E-state index in [1.54, 1.807) is 7.11 Å². The second-order valence-corrected chi connectivity index (χ2v) is 6.39. The van der Waals surface area contributed by atoms with Gasteiger partial charge in [-0.1, -0.05) is 12.1 Å². The molecule has 0 aromatic heterocycles. The Labute approximate surface area is 143 Å². The molecule has 2 amide bonds. The summed E-state index contributed by atoms with van der Waals surface area (Å²) in [4.78, 5) is 25.0. The molecule has 1 aromatic carbocycles. The second-order valence-electron chi connectivity index (χ2n) is 6.39. The lowest BCUT2D eigenvalue weighted by molar-refractivity contribution is -0.120. The average Bonchev–Trinajstić information content (AvgIpc) is 2.51. The zero-order valence-corrected chi connectivity index (χ0v) is 14.7. The minimum atomic E-state index is -0.0313. The standard InChI is InChI=1S/C18H27N3O3/c1-13(22)19-16-10-17(20-14(2)23)12-21(11-16)8-7-15-5-4-6-18(9-15)24-3/h4-6,9,16-17H,7-8,10-12H2,1-3H3,(H,19,22)(H,20,23). The van der Waals surface area contributed by atoms with Crippen LogP contribution >= 0.6 is 0 Å². The lowest BCUT2D eigenvalue weighted by Crippen LogP contribution is -2.56. The molecule has 24 heavy (non-hydrogen) atoms. The first-order valence-electron chi connectivity index (χ1n) is 8.35. The monoisotopic (exact) mass is 333 g/mol. The molecular formula is C18H27N3O3. The van der Waals surface area contributed by atoms with Crippen LogP contribution in [-0.4, -0.2) is 55.5 Å². The molecule has 6 heteroatoms. The van der Waals surface area contributed by atoms with Crippen molar-refractivity contribution < 1.29 is 14.3 Å². The highest BCUT2D eigenvalue weighted by atomic mass is 16.5. The van der Waals surface area contributed by atoms with Gasteiger partial charge in [0.2, 0.25) is 11.8 Å². The molecule has 2 atom stereocenters. The van der Waals surface area contributed by atoms with Crippen molar-refractivity contribution in [2.75, 3.05) is 26.7 Å². The molecular weight excluding hydrogens is 306 g/mol. The molecule has 0 spiro atoms. The van der Waals surface area contributed by atoms with Gasteiger partial charge in [0, 0.05) is 45.6 Å². The number of methoxy groups -OCH3 is 1. The van der Waals surface area contributed by atoms with Crippen molar-refractivity contribution in [1.29, 1.82) is 0 Å². The van der Waals surface area contributed by atoms with Crippen LogP contribution in [0.2, 0.25) is 0 Å². The SMILES string of the molecule is COc1cccc(CCN2CC(NC(C)=O)CC(NC(C)=O)C2)c1. The summed E-state index contributed by atoms with van der Waals surface area (Å²) in [6, 6.07) is 8.19. The van der Waals surface area contributed by atoms with Crippen LogP contribution in [0.4, 0.5) is 0 Å². The fourth-order valence-corrected chi connectivity index (χ4v) is 3.27. The smallest absolute Gasteiger partial charge is 0.217 e. The largest absolute Gasteiger partial charge is 0.497 e. The van der Waals surface area contributed by atoms with E-state index >= 15 is 0 Å². The molecule has 132 valence electrons. The van der Waals surface area contributed by atoms with E-state index in [4.69, 9.17) is 4.74 Å². The van der Waals surface area contributed by atoms with E-state index in [2.05, 4.69) is 21.6 Å². The summed E-state index contributed by atoms with van der Waals surface area (Å²) in [5.74, 6) is 0.797. The summed E-state index contributed by atoms with van der Waals surface area (Å²) >= 11 is 0. The molecule has 1 aliphatic rings. The summed E-state index contributed by atoms with van der Waals surface area (Å²) in [6.07, 6.45) is 1.67. The van der Waals surface area contributed by atoms with Gasteiger partial charge in [-0.25, -0.2) is 0 Å². The van der Waals surface area contributed by atoms with E-state index in [1.165, 1.54) is 19.4 Å². The van der Waals surface area contributed by atoms with E-state index in [-0.39, 0.29) is 23.9 Å². The maximum Gasteiger partial charge on any atom is 0.217 e. The molecule has 0 saturated carbocycles. The Balaban J connectivity index is 1.95. The number of benzene rings is 1. The maximum absolute atomic E-state index is 11.4. The van der Waals surface area contributed by atoms with Gasteiger partial charge in [0.05, 0.1) is 7.11 Å². The number of likely N-dealkylation sites (tertiary alicyclic amines) is 1. The zero-order chi connectivity index (χ0) is 17.5. The van der Waals surface area contributed by atoms with Gasteiger partial charge in [0.25, 0.3) is 0 Å². The average molecular weight is 333 g/mol. The molecule has 1 heterocycles. The Bertz CT molecular complexity index is 552. The van der Waals surface area contributed by atoms with Crippen LogP contribution in [0.25, 0.3) is 0 Å². The minimum absolute atomic E-state index is 0.0313. The van der Waals surface area contributed by atoms with E-state index in [1.807, 2.05) is 18.2 Å². The van der Waals surface area contributed by atoms with Gasteiger partial charge in [-0.05, 0) is 30.5 Å². The van der Waals surface area contributed by atoms with Crippen LogP contribution in [0.15, 0.2) is 24.3 Å². The number of nitrogens with one attached hydrogen (secondary N) is 2. The summed E-state index contributed by atoms with van der Waals surface area (Å²) in [6.45, 7) is 5.55. The fourth-order valence-electron chi connectivity index (χ4n) is 3.27. The van der Waals surface area contributed by atoms with Crippen molar-refractivity contribution in [2.45, 2.75) is 38.8 Å². The van der Waals surface area contributed by atoms with Crippen LogP contribution in [0.1, 0.15) is 25.8 Å². The lowest BCUT2D eigenvalue weighted by Gasteiger charge is -2.38. The van der Waals surface area contributed by atoms with Crippen LogP contribution < -0.4 is 15.4 Å². The highest BCUT2D eigenvalue weighted by molar-refractivity contribution is 5.74. The number of carbonyl (C=O) groups excluding carboxylic acids is 2. The number of hydrogen-bond acceptors (Lipinski definition) is 4. The molecule has 1 saturated heterocycles. The number of rotatable bonds is 6. The lowest BCUT2D eigenvalue weighted by atomic mass is 9.99. The molecule has 2 rings (SSSR count). The van der Waals surface area contributed by atoms with E-state index < -0.39 is 0 Å². The summed E-state index contributed by atoms with van der Waals surface area (Å²) in [7, 11) is 1.67. The Morgan fingerprint density at radius 3 is 2.33 bits per heavy atom. The first kappa shape index (κ1) is 18.3. The van der Waals surface area contributed by atoms with Gasteiger partial charge in [0.1, 0.15) is 5.75 Å². The zero-order valence-electron chi connectivity index (χ0n) is 14.7. The van der Waals surface area contributed by atoms with Gasteiger partial charge < -0.3 is 15.4 Å². The minimum Gasteiger partial charge on any atom is -0.497 e. The molecule has 2 N–H and O–H groups in total. The number of ether oxygens (including phenoxy) is 1. The van der Waals surface area contributed by atoms with Gasteiger partial charge in [0.15, 0.2) is 0 Å². The summed E-state index contributed by atoms with van der Waals surface area (Å²) in [5, 5.41) is 5.96. The second kappa shape index (κ2) is 8.68. The molecule has 2 unspecified atom stereocenters. The number of amides is 2. The van der Waals surface area contributed by atoms with Crippen molar-refractivity contribution in [3.8, 4) is 5.75 Å². The Morgan fingerprint density at radius 1 is 1.17 bits per heavy atom. The topological polar surface area (TPSA) is 70.7 Å². The van der Waals surface area contributed by atoms with Crippen LogP contribution in [0.3, 0.4) is 0 Å². The highest BCUT2D eigenvalue weighted by Gasteiger charge is 2.27. The number of piperidine rings is 1.